The molecule has 17 nitrogen and oxygen atoms in total. The monoisotopic (exact) mass is 950 g/mol. The Balaban J connectivity index is 0.824. The molecule has 2 fully saturated rings. The van der Waals surface area contributed by atoms with Crippen molar-refractivity contribution in [1.29, 1.82) is 0 Å². The summed E-state index contributed by atoms with van der Waals surface area (Å²) in [5, 5.41) is 17.8. The summed E-state index contributed by atoms with van der Waals surface area (Å²) in [6.07, 6.45) is 1.64. The minimum atomic E-state index is -1.03. The van der Waals surface area contributed by atoms with Crippen LogP contribution in [0.15, 0.2) is 60.7 Å². The quantitative estimate of drug-likeness (QED) is 0.0752. The molecule has 6 amide bonds. The van der Waals surface area contributed by atoms with E-state index in [1.165, 1.54) is 6.07 Å². The number of piperazine rings is 1. The van der Waals surface area contributed by atoms with E-state index in [-0.39, 0.29) is 89.8 Å². The van der Waals surface area contributed by atoms with Gasteiger partial charge in [-0.1, -0.05) is 54.9 Å². The van der Waals surface area contributed by atoms with Crippen LogP contribution in [0.4, 0.5) is 16.2 Å². The van der Waals surface area contributed by atoms with Crippen LogP contribution in [0.3, 0.4) is 0 Å². The van der Waals surface area contributed by atoms with Crippen molar-refractivity contribution in [2.75, 3.05) is 83.0 Å². The number of phenolic OH excluding ortho intramolecular Hbond substituents is 1. The minimum Gasteiger partial charge on any atom is -0.508 e. The lowest BCUT2D eigenvalue weighted by molar-refractivity contribution is -0.136. The van der Waals surface area contributed by atoms with Gasteiger partial charge in [0.25, 0.3) is 11.8 Å². The van der Waals surface area contributed by atoms with Crippen molar-refractivity contribution in [2.45, 2.75) is 51.5 Å². The number of anilines is 2. The fourth-order valence-electron chi connectivity index (χ4n) is 8.92. The second kappa shape index (κ2) is 21.0. The number of nitrogens with one attached hydrogen (secondary N) is 2. The van der Waals surface area contributed by atoms with Gasteiger partial charge in [0.1, 0.15) is 23.1 Å². The molecule has 3 N–H and O–H groups in total. The normalized spacial score (nSPS) is 16.2. The fourth-order valence-corrected chi connectivity index (χ4v) is 9.21. The topological polar surface area (TPSA) is 204 Å². The van der Waals surface area contributed by atoms with Crippen molar-refractivity contribution in [3.05, 3.63) is 88.2 Å². The predicted octanol–water partition coefficient (Wildman–Crippen LogP) is 5.33. The molecule has 0 radical (unpaired) electrons. The van der Waals surface area contributed by atoms with E-state index in [9.17, 15) is 33.9 Å². The lowest BCUT2D eigenvalue weighted by atomic mass is 9.96. The van der Waals surface area contributed by atoms with Crippen LogP contribution < -0.4 is 15.5 Å². The van der Waals surface area contributed by atoms with Crippen LogP contribution in [-0.4, -0.2) is 144 Å². The Kier molecular flexibility index (Phi) is 14.8. The molecule has 3 aliphatic heterocycles. The zero-order chi connectivity index (χ0) is 48.1. The van der Waals surface area contributed by atoms with Crippen LogP contribution in [0.5, 0.6) is 5.75 Å². The van der Waals surface area contributed by atoms with Gasteiger partial charge in [-0.3, -0.25) is 39.0 Å². The van der Waals surface area contributed by atoms with E-state index < -0.39 is 35.5 Å². The van der Waals surface area contributed by atoms with Gasteiger partial charge in [0.05, 0.1) is 36.0 Å². The maximum atomic E-state index is 17.0. The van der Waals surface area contributed by atoms with Crippen LogP contribution >= 0.6 is 11.6 Å². The number of likely N-dealkylation sites (N-methyl/N-ethyl adjacent to an activating group) is 1. The van der Waals surface area contributed by atoms with Crippen molar-refractivity contribution >= 4 is 80.5 Å². The van der Waals surface area contributed by atoms with E-state index in [2.05, 4.69) is 15.6 Å². The van der Waals surface area contributed by atoms with Gasteiger partial charge in [-0.25, -0.2) is 9.37 Å². The third kappa shape index (κ3) is 10.1. The second-order valence-corrected chi connectivity index (χ2v) is 17.3. The number of aryl methyl sites for hydroxylation is 1. The minimum absolute atomic E-state index is 0.00888. The van der Waals surface area contributed by atoms with Gasteiger partial charge in [0.15, 0.2) is 5.82 Å². The third-order valence-electron chi connectivity index (χ3n) is 12.5. The molecule has 4 aromatic carbocycles. The van der Waals surface area contributed by atoms with Crippen molar-refractivity contribution in [1.82, 2.24) is 30.0 Å². The van der Waals surface area contributed by atoms with E-state index in [0.29, 0.717) is 98.3 Å². The first-order valence-electron chi connectivity index (χ1n) is 22.8. The third-order valence-corrected chi connectivity index (χ3v) is 12.8. The molecule has 19 heteroatoms. The Morgan fingerprint density at radius 1 is 0.912 bits per heavy atom. The smallest absolute Gasteiger partial charge is 0.262 e. The summed E-state index contributed by atoms with van der Waals surface area (Å²) in [5.74, 6) is -2.47. The number of halogens is 2. The molecule has 8 rings (SSSR count). The number of carbonyl (C=O) groups is 6. The number of phenols is 1. The highest BCUT2D eigenvalue weighted by Gasteiger charge is 2.45. The first-order valence-corrected chi connectivity index (χ1v) is 23.1. The van der Waals surface area contributed by atoms with Crippen molar-refractivity contribution in [3.63, 3.8) is 0 Å². The van der Waals surface area contributed by atoms with Crippen LogP contribution in [0.1, 0.15) is 65.3 Å². The highest BCUT2D eigenvalue weighted by atomic mass is 35.5. The summed E-state index contributed by atoms with van der Waals surface area (Å²) in [7, 11) is 1.67. The standard InChI is InChI=1S/C49H52ClFN8O9/c1-3-39(62)57-17-19-58(20-18-57)45-35-28-36(50)42(34-27-31(60)26-30-8-4-5-11-32(30)34)43(51)44(35)54-49(55-45)52-16-15-40(63)56(2)21-23-68-25-24-67-22-7-10-29-9-6-12-33-41(29)48(66)59(47(33)65)37-13-14-38(61)53-46(37)64/h4-6,8-9,11-12,26-28,37,60H,3,7,10,13-25H2,1-2H3,(H,52,54,55)(H,53,61,64). The van der Waals surface area contributed by atoms with Gasteiger partial charge in [0.2, 0.25) is 29.6 Å². The van der Waals surface area contributed by atoms with Crippen molar-refractivity contribution < 1.29 is 47.7 Å². The van der Waals surface area contributed by atoms with E-state index >= 15 is 4.39 Å². The number of hydrogen-bond acceptors (Lipinski definition) is 13. The Morgan fingerprint density at radius 3 is 2.44 bits per heavy atom. The molecule has 1 unspecified atom stereocenters. The largest absolute Gasteiger partial charge is 0.508 e. The number of imide groups is 2. The maximum Gasteiger partial charge on any atom is 0.262 e. The first kappa shape index (κ1) is 47.7. The van der Waals surface area contributed by atoms with Gasteiger partial charge in [-0.2, -0.15) is 4.98 Å². The second-order valence-electron chi connectivity index (χ2n) is 16.9. The molecule has 1 atom stereocenters. The SMILES string of the molecule is CCC(=O)N1CCN(c2nc(NCCC(=O)N(C)CCOCCOCCCc3cccc4c3C(=O)N(C3CCC(=O)NC3=O)C4=O)nc3c(F)c(-c4cc(O)cc5ccccc45)c(Cl)cc23)CC1. The molecule has 1 aromatic heterocycles. The number of piperidine rings is 1. The van der Waals surface area contributed by atoms with Gasteiger partial charge in [0, 0.05) is 83.1 Å². The Bertz CT molecular complexity index is 2800. The van der Waals surface area contributed by atoms with Crippen LogP contribution in [0.2, 0.25) is 5.02 Å². The zero-order valence-corrected chi connectivity index (χ0v) is 38.6. The number of aromatic nitrogens is 2. The average Bonchev–Trinajstić information content (AvgIpc) is 3.59. The van der Waals surface area contributed by atoms with Crippen molar-refractivity contribution in [3.8, 4) is 16.9 Å². The van der Waals surface area contributed by atoms with Crippen LogP contribution in [0.25, 0.3) is 32.8 Å². The summed E-state index contributed by atoms with van der Waals surface area (Å²) in [6.45, 7) is 5.34. The van der Waals surface area contributed by atoms with Gasteiger partial charge < -0.3 is 34.6 Å². The number of nitrogens with zero attached hydrogens (tertiary/aromatic N) is 6. The lowest BCUT2D eigenvalue weighted by Gasteiger charge is -2.36. The Morgan fingerprint density at radius 2 is 1.68 bits per heavy atom. The summed E-state index contributed by atoms with van der Waals surface area (Å²) in [5.41, 5.74) is 1.69. The predicted molar refractivity (Wildman–Crippen MR) is 252 cm³/mol. The fraction of sp³-hybridized carbons (Fsp3) is 0.388. The summed E-state index contributed by atoms with van der Waals surface area (Å²) >= 11 is 6.87. The number of hydrogen-bond donors (Lipinski definition) is 3. The van der Waals surface area contributed by atoms with Gasteiger partial charge >= 0.3 is 0 Å². The molecule has 0 bridgehead atoms. The summed E-state index contributed by atoms with van der Waals surface area (Å²) < 4.78 is 28.4. The molecular weight excluding hydrogens is 899 g/mol. The molecule has 2 saturated heterocycles. The molecule has 0 spiro atoms. The van der Waals surface area contributed by atoms with Gasteiger partial charge in [-0.05, 0) is 65.4 Å². The number of rotatable bonds is 18. The number of fused-ring (bicyclic) bond motifs is 3. The molecule has 0 aliphatic carbocycles. The first-order chi connectivity index (χ1) is 32.8. The number of benzene rings is 4. The van der Waals surface area contributed by atoms with Gasteiger partial charge in [-0.15, -0.1) is 0 Å². The molecule has 5 aromatic rings. The maximum absolute atomic E-state index is 17.0. The molecular formula is C49H52ClFN8O9. The Hall–Kier alpha value is -6.76. The number of ether oxygens (including phenoxy) is 2. The molecule has 68 heavy (non-hydrogen) atoms. The Labute approximate surface area is 396 Å². The molecule has 356 valence electrons. The average molecular weight is 951 g/mol. The van der Waals surface area contributed by atoms with Crippen LogP contribution in [0, 0.1) is 5.82 Å². The zero-order valence-electron chi connectivity index (χ0n) is 37.8. The summed E-state index contributed by atoms with van der Waals surface area (Å²) in [6, 6.07) is 16.0. The van der Waals surface area contributed by atoms with E-state index in [4.69, 9.17) is 26.1 Å². The van der Waals surface area contributed by atoms with E-state index in [1.807, 2.05) is 36.1 Å². The van der Waals surface area contributed by atoms with Crippen LogP contribution in [-0.2, 0) is 35.1 Å². The highest BCUT2D eigenvalue weighted by Crippen LogP contribution is 2.42. The van der Waals surface area contributed by atoms with E-state index in [0.717, 1.165) is 4.90 Å². The van der Waals surface area contributed by atoms with E-state index in [1.54, 1.807) is 47.2 Å². The number of aromatic hydroxyl groups is 1. The highest BCUT2D eigenvalue weighted by molar-refractivity contribution is 6.35. The molecule has 0 saturated carbocycles. The number of carbonyl (C=O) groups excluding carboxylic acids is 6. The van der Waals surface area contributed by atoms with Crippen molar-refractivity contribution in [2.24, 2.45) is 0 Å². The number of amides is 6. The summed E-state index contributed by atoms with van der Waals surface area (Å²) in [4.78, 5) is 91.8. The lowest BCUT2D eigenvalue weighted by Crippen LogP contribution is -2.54. The molecule has 4 heterocycles. The molecule has 3 aliphatic rings.